The highest BCUT2D eigenvalue weighted by molar-refractivity contribution is 5.79. The summed E-state index contributed by atoms with van der Waals surface area (Å²) in [5.41, 5.74) is 1.20. The van der Waals surface area contributed by atoms with E-state index in [0.29, 0.717) is 13.3 Å². The number of aliphatic imine (C=N–C) groups is 1. The van der Waals surface area contributed by atoms with Crippen LogP contribution in [0.25, 0.3) is 0 Å². The average Bonchev–Trinajstić information content (AvgIpc) is 3.26. The predicted octanol–water partition coefficient (Wildman–Crippen LogP) is 1.93. The Morgan fingerprint density at radius 2 is 2.00 bits per heavy atom. The van der Waals surface area contributed by atoms with Crippen molar-refractivity contribution in [3.05, 3.63) is 35.4 Å². The summed E-state index contributed by atoms with van der Waals surface area (Å²) in [4.78, 5) is 4.66. The Balaban J connectivity index is 1.55. The summed E-state index contributed by atoms with van der Waals surface area (Å²) >= 11 is 0. The smallest absolute Gasteiger partial charge is 0.231 e. The number of rotatable bonds is 8. The average molecular weight is 372 g/mol. The summed E-state index contributed by atoms with van der Waals surface area (Å²) in [5.74, 6) is 4.16. The molecule has 0 spiro atoms. The van der Waals surface area contributed by atoms with Gasteiger partial charge in [-0.15, -0.1) is 10.2 Å². The molecule has 0 amide bonds. The zero-order valence-electron chi connectivity index (χ0n) is 16.3. The molecule has 1 aliphatic heterocycles. The monoisotopic (exact) mass is 372 g/mol. The third-order valence-electron chi connectivity index (χ3n) is 4.53. The van der Waals surface area contributed by atoms with Gasteiger partial charge in [-0.05, 0) is 37.5 Å². The molecule has 2 heterocycles. The summed E-state index contributed by atoms with van der Waals surface area (Å²) in [6.45, 7) is 6.57. The van der Waals surface area contributed by atoms with Crippen LogP contribution in [0.4, 0.5) is 0 Å². The van der Waals surface area contributed by atoms with Gasteiger partial charge in [-0.2, -0.15) is 0 Å². The van der Waals surface area contributed by atoms with Gasteiger partial charge in [-0.1, -0.05) is 19.4 Å². The highest BCUT2D eigenvalue weighted by Gasteiger charge is 2.13. The molecule has 8 heteroatoms. The van der Waals surface area contributed by atoms with Gasteiger partial charge in [0.25, 0.3) is 0 Å². The van der Waals surface area contributed by atoms with Crippen LogP contribution in [-0.2, 0) is 20.0 Å². The number of hydrogen-bond donors (Lipinski definition) is 2. The number of aryl methyl sites for hydroxylation is 1. The number of aromatic nitrogens is 3. The van der Waals surface area contributed by atoms with Gasteiger partial charge in [0, 0.05) is 20.1 Å². The lowest BCUT2D eigenvalue weighted by molar-refractivity contribution is 0.174. The van der Waals surface area contributed by atoms with Crippen molar-refractivity contribution in [3.8, 4) is 11.5 Å². The SMILES string of the molecule is CCCCNC(=NCc1nnc(C)n1C)NCCc1ccc2c(c1)OCO2. The van der Waals surface area contributed by atoms with Crippen molar-refractivity contribution in [1.82, 2.24) is 25.4 Å². The minimum atomic E-state index is 0.302. The summed E-state index contributed by atoms with van der Waals surface area (Å²) < 4.78 is 12.8. The van der Waals surface area contributed by atoms with E-state index >= 15 is 0 Å². The summed E-state index contributed by atoms with van der Waals surface area (Å²) in [7, 11) is 1.96. The summed E-state index contributed by atoms with van der Waals surface area (Å²) in [6, 6.07) is 6.06. The molecule has 2 N–H and O–H groups in total. The maximum absolute atomic E-state index is 5.44. The van der Waals surface area contributed by atoms with Crippen LogP contribution in [0.15, 0.2) is 23.2 Å². The molecule has 0 radical (unpaired) electrons. The van der Waals surface area contributed by atoms with Crippen LogP contribution in [0, 0.1) is 6.92 Å². The summed E-state index contributed by atoms with van der Waals surface area (Å²) in [5, 5.41) is 15.0. The molecular weight excluding hydrogens is 344 g/mol. The van der Waals surface area contributed by atoms with Gasteiger partial charge in [-0.25, -0.2) is 4.99 Å². The third kappa shape index (κ3) is 5.12. The lowest BCUT2D eigenvalue weighted by Crippen LogP contribution is -2.39. The first kappa shape index (κ1) is 19.0. The number of guanidine groups is 1. The van der Waals surface area contributed by atoms with Gasteiger partial charge in [0.2, 0.25) is 6.79 Å². The fourth-order valence-corrected chi connectivity index (χ4v) is 2.72. The predicted molar refractivity (Wildman–Crippen MR) is 104 cm³/mol. The lowest BCUT2D eigenvalue weighted by atomic mass is 10.1. The second kappa shape index (κ2) is 9.25. The Bertz CT molecular complexity index is 787. The zero-order valence-corrected chi connectivity index (χ0v) is 16.3. The number of nitrogens with one attached hydrogen (secondary N) is 2. The molecule has 0 fully saturated rings. The van der Waals surface area contributed by atoms with E-state index in [2.05, 4.69) is 38.8 Å². The van der Waals surface area contributed by atoms with E-state index < -0.39 is 0 Å². The van der Waals surface area contributed by atoms with Crippen molar-refractivity contribution in [2.75, 3.05) is 19.9 Å². The van der Waals surface area contributed by atoms with E-state index in [9.17, 15) is 0 Å². The molecule has 1 aromatic heterocycles. The topological polar surface area (TPSA) is 85.6 Å². The molecule has 2 aromatic rings. The number of nitrogens with zero attached hydrogens (tertiary/aromatic N) is 4. The van der Waals surface area contributed by atoms with E-state index in [-0.39, 0.29) is 0 Å². The van der Waals surface area contributed by atoms with E-state index in [4.69, 9.17) is 9.47 Å². The minimum Gasteiger partial charge on any atom is -0.454 e. The lowest BCUT2D eigenvalue weighted by Gasteiger charge is -2.12. The maximum Gasteiger partial charge on any atom is 0.231 e. The summed E-state index contributed by atoms with van der Waals surface area (Å²) in [6.07, 6.45) is 3.11. The molecule has 1 aliphatic rings. The van der Waals surface area contributed by atoms with E-state index in [0.717, 1.165) is 61.5 Å². The molecule has 0 saturated heterocycles. The Morgan fingerprint density at radius 3 is 2.78 bits per heavy atom. The van der Waals surface area contributed by atoms with Crippen LogP contribution in [-0.4, -0.2) is 40.6 Å². The number of benzene rings is 1. The van der Waals surface area contributed by atoms with E-state index in [1.165, 1.54) is 5.56 Å². The molecular formula is C19H28N6O2. The van der Waals surface area contributed by atoms with Crippen molar-refractivity contribution < 1.29 is 9.47 Å². The Labute approximate surface area is 160 Å². The van der Waals surface area contributed by atoms with Crippen molar-refractivity contribution >= 4 is 5.96 Å². The van der Waals surface area contributed by atoms with Gasteiger partial charge in [-0.3, -0.25) is 0 Å². The van der Waals surface area contributed by atoms with Gasteiger partial charge >= 0.3 is 0 Å². The first-order valence-electron chi connectivity index (χ1n) is 9.43. The van der Waals surface area contributed by atoms with Gasteiger partial charge in [0.05, 0.1) is 0 Å². The van der Waals surface area contributed by atoms with Crippen molar-refractivity contribution in [2.24, 2.45) is 12.0 Å². The molecule has 0 saturated carbocycles. The number of fused-ring (bicyclic) bond motifs is 1. The molecule has 27 heavy (non-hydrogen) atoms. The fraction of sp³-hybridized carbons (Fsp3) is 0.526. The quantitative estimate of drug-likeness (QED) is 0.418. The normalized spacial score (nSPS) is 13.1. The standard InChI is InChI=1S/C19H28N6O2/c1-4-5-9-20-19(22-12-18-24-23-14(2)25(18)3)21-10-8-15-6-7-16-17(11-15)27-13-26-16/h6-7,11H,4-5,8-10,12-13H2,1-3H3,(H2,20,21,22). The molecule has 0 atom stereocenters. The number of ether oxygens (including phenoxy) is 2. The van der Waals surface area contributed by atoms with Gasteiger partial charge in [0.1, 0.15) is 12.4 Å². The first-order chi connectivity index (χ1) is 13.2. The van der Waals surface area contributed by atoms with Crippen LogP contribution < -0.4 is 20.1 Å². The maximum atomic E-state index is 5.44. The van der Waals surface area contributed by atoms with Crippen LogP contribution in [0.1, 0.15) is 37.0 Å². The minimum absolute atomic E-state index is 0.302. The van der Waals surface area contributed by atoms with Crippen LogP contribution in [0.2, 0.25) is 0 Å². The van der Waals surface area contributed by atoms with Crippen LogP contribution in [0.5, 0.6) is 11.5 Å². The zero-order chi connectivity index (χ0) is 19.1. The highest BCUT2D eigenvalue weighted by Crippen LogP contribution is 2.32. The third-order valence-corrected chi connectivity index (χ3v) is 4.53. The Morgan fingerprint density at radius 1 is 1.19 bits per heavy atom. The molecule has 0 aliphatic carbocycles. The van der Waals surface area contributed by atoms with Gasteiger partial charge in [0.15, 0.2) is 23.3 Å². The van der Waals surface area contributed by atoms with Crippen molar-refractivity contribution in [1.29, 1.82) is 0 Å². The number of unbranched alkanes of at least 4 members (excludes halogenated alkanes) is 1. The van der Waals surface area contributed by atoms with E-state index in [1.54, 1.807) is 0 Å². The van der Waals surface area contributed by atoms with Crippen LogP contribution >= 0.6 is 0 Å². The Kier molecular flexibility index (Phi) is 6.51. The van der Waals surface area contributed by atoms with Crippen molar-refractivity contribution in [3.63, 3.8) is 0 Å². The molecule has 0 bridgehead atoms. The molecule has 146 valence electrons. The number of hydrogen-bond acceptors (Lipinski definition) is 5. The van der Waals surface area contributed by atoms with Crippen LogP contribution in [0.3, 0.4) is 0 Å². The first-order valence-corrected chi connectivity index (χ1v) is 9.43. The largest absolute Gasteiger partial charge is 0.454 e. The molecule has 1 aromatic carbocycles. The second-order valence-electron chi connectivity index (χ2n) is 6.53. The highest BCUT2D eigenvalue weighted by atomic mass is 16.7. The van der Waals surface area contributed by atoms with E-state index in [1.807, 2.05) is 30.7 Å². The Hall–Kier alpha value is -2.77. The molecule has 0 unspecified atom stereocenters. The van der Waals surface area contributed by atoms with Crippen molar-refractivity contribution in [2.45, 2.75) is 39.7 Å². The molecule has 8 nitrogen and oxygen atoms in total. The molecule has 3 rings (SSSR count). The fourth-order valence-electron chi connectivity index (χ4n) is 2.72. The second-order valence-corrected chi connectivity index (χ2v) is 6.53. The van der Waals surface area contributed by atoms with Gasteiger partial charge < -0.3 is 24.7 Å².